The van der Waals surface area contributed by atoms with Crippen LogP contribution in [0.5, 0.6) is 0 Å². The first-order chi connectivity index (χ1) is 4.68. The van der Waals surface area contributed by atoms with E-state index in [9.17, 15) is 4.79 Å². The Kier molecular flexibility index (Phi) is 4.58. The summed E-state index contributed by atoms with van der Waals surface area (Å²) in [5, 5.41) is 8.32. The summed E-state index contributed by atoms with van der Waals surface area (Å²) in [6.45, 7) is 1.99. The Morgan fingerprint density at radius 1 is 1.70 bits per heavy atom. The Bertz CT molecular complexity index is 132. The van der Waals surface area contributed by atoms with E-state index in [-0.39, 0.29) is 0 Å². The van der Waals surface area contributed by atoms with Crippen LogP contribution in [0.1, 0.15) is 19.8 Å². The number of carboxylic acid groups (broad SMARTS) is 1. The monoisotopic (exact) mass is 143 g/mol. The summed E-state index contributed by atoms with van der Waals surface area (Å²) < 4.78 is 0. The number of hydrogen-bond donors (Lipinski definition) is 2. The molecule has 0 aromatic heterocycles. The van der Waals surface area contributed by atoms with Gasteiger partial charge >= 0.3 is 5.97 Å². The molecule has 0 saturated carbocycles. The quantitative estimate of drug-likeness (QED) is 0.571. The number of rotatable bonds is 4. The highest BCUT2D eigenvalue weighted by molar-refractivity contribution is 5.73. The molecule has 0 aromatic carbocycles. The highest BCUT2D eigenvalue weighted by Crippen LogP contribution is 1.91. The first-order valence-corrected chi connectivity index (χ1v) is 3.31. The van der Waals surface area contributed by atoms with Crippen LogP contribution in [0, 0.1) is 0 Å². The fraction of sp³-hybridized carbons (Fsp3) is 0.571. The zero-order valence-corrected chi connectivity index (χ0v) is 6.08. The normalized spacial score (nSPS) is 13.8. The standard InChI is InChI=1S/C7H13NO2/c1-2-3-4-5-6(8)7(9)10/h3-4,6H,2,5,8H2,1H3,(H,9,10). The van der Waals surface area contributed by atoms with Gasteiger partial charge in [0.1, 0.15) is 6.04 Å². The van der Waals surface area contributed by atoms with Crippen molar-refractivity contribution in [2.75, 3.05) is 0 Å². The molecule has 0 radical (unpaired) electrons. The summed E-state index contributed by atoms with van der Waals surface area (Å²) in [6, 6.07) is -0.747. The van der Waals surface area contributed by atoms with Gasteiger partial charge in [-0.15, -0.1) is 0 Å². The number of carboxylic acids is 1. The van der Waals surface area contributed by atoms with Crippen LogP contribution < -0.4 is 5.73 Å². The van der Waals surface area contributed by atoms with E-state index in [0.29, 0.717) is 6.42 Å². The second-order valence-corrected chi connectivity index (χ2v) is 2.06. The lowest BCUT2D eigenvalue weighted by atomic mass is 10.2. The molecule has 58 valence electrons. The Morgan fingerprint density at radius 3 is 2.70 bits per heavy atom. The molecule has 0 saturated heterocycles. The molecule has 1 unspecified atom stereocenters. The fourth-order valence-electron chi connectivity index (χ4n) is 0.510. The Morgan fingerprint density at radius 2 is 2.30 bits per heavy atom. The van der Waals surface area contributed by atoms with E-state index >= 15 is 0 Å². The van der Waals surface area contributed by atoms with Gasteiger partial charge in [-0.25, -0.2) is 0 Å². The van der Waals surface area contributed by atoms with Gasteiger partial charge in [0.15, 0.2) is 0 Å². The van der Waals surface area contributed by atoms with Crippen molar-refractivity contribution in [1.82, 2.24) is 0 Å². The molecule has 0 aromatic rings. The second kappa shape index (κ2) is 4.99. The molecule has 10 heavy (non-hydrogen) atoms. The molecule has 0 amide bonds. The minimum Gasteiger partial charge on any atom is -0.480 e. The molecule has 3 heteroatoms. The van der Waals surface area contributed by atoms with Gasteiger partial charge in [0.25, 0.3) is 0 Å². The highest BCUT2D eigenvalue weighted by Gasteiger charge is 2.07. The molecule has 0 spiro atoms. The molecule has 0 rings (SSSR count). The van der Waals surface area contributed by atoms with E-state index in [1.165, 1.54) is 0 Å². The molecule has 0 fully saturated rings. The molecule has 0 aliphatic carbocycles. The SMILES string of the molecule is CCC=CCC(N)C(=O)O. The molecule has 0 aliphatic rings. The zero-order chi connectivity index (χ0) is 7.98. The lowest BCUT2D eigenvalue weighted by Crippen LogP contribution is -2.29. The van der Waals surface area contributed by atoms with Crippen LogP contribution in [0.4, 0.5) is 0 Å². The summed E-state index contributed by atoms with van der Waals surface area (Å²) >= 11 is 0. The summed E-state index contributed by atoms with van der Waals surface area (Å²) in [5.41, 5.74) is 5.21. The van der Waals surface area contributed by atoms with E-state index in [0.717, 1.165) is 6.42 Å². The number of aliphatic carboxylic acids is 1. The topological polar surface area (TPSA) is 63.3 Å². The maximum absolute atomic E-state index is 10.1. The molecule has 0 heterocycles. The van der Waals surface area contributed by atoms with Crippen molar-refractivity contribution in [3.63, 3.8) is 0 Å². The van der Waals surface area contributed by atoms with Crippen LogP contribution in [0.2, 0.25) is 0 Å². The molecular formula is C7H13NO2. The van der Waals surface area contributed by atoms with Crippen LogP contribution in [-0.4, -0.2) is 17.1 Å². The van der Waals surface area contributed by atoms with E-state index in [1.54, 1.807) is 6.08 Å². The third kappa shape index (κ3) is 4.09. The van der Waals surface area contributed by atoms with Crippen molar-refractivity contribution in [3.8, 4) is 0 Å². The van der Waals surface area contributed by atoms with Crippen LogP contribution >= 0.6 is 0 Å². The van der Waals surface area contributed by atoms with Crippen molar-refractivity contribution in [2.45, 2.75) is 25.8 Å². The van der Waals surface area contributed by atoms with Gasteiger partial charge in [0, 0.05) is 0 Å². The molecule has 3 N–H and O–H groups in total. The van der Waals surface area contributed by atoms with E-state index < -0.39 is 12.0 Å². The average molecular weight is 143 g/mol. The van der Waals surface area contributed by atoms with E-state index in [1.807, 2.05) is 13.0 Å². The van der Waals surface area contributed by atoms with Crippen LogP contribution in [0.3, 0.4) is 0 Å². The van der Waals surface area contributed by atoms with Crippen molar-refractivity contribution in [2.24, 2.45) is 5.73 Å². The van der Waals surface area contributed by atoms with Gasteiger partial charge in [-0.1, -0.05) is 19.1 Å². The zero-order valence-electron chi connectivity index (χ0n) is 6.08. The lowest BCUT2D eigenvalue weighted by molar-refractivity contribution is -0.138. The van der Waals surface area contributed by atoms with E-state index in [2.05, 4.69) is 0 Å². The number of allylic oxidation sites excluding steroid dienone is 1. The molecule has 3 nitrogen and oxygen atoms in total. The molecule has 0 aliphatic heterocycles. The second-order valence-electron chi connectivity index (χ2n) is 2.06. The predicted molar refractivity (Wildman–Crippen MR) is 39.7 cm³/mol. The molecule has 0 bridgehead atoms. The first kappa shape index (κ1) is 9.17. The van der Waals surface area contributed by atoms with Crippen molar-refractivity contribution < 1.29 is 9.90 Å². The Labute approximate surface area is 60.5 Å². The van der Waals surface area contributed by atoms with Crippen molar-refractivity contribution in [3.05, 3.63) is 12.2 Å². The molecule has 1 atom stereocenters. The minimum atomic E-state index is -0.944. The Balaban J connectivity index is 3.48. The highest BCUT2D eigenvalue weighted by atomic mass is 16.4. The van der Waals surface area contributed by atoms with Gasteiger partial charge in [0.2, 0.25) is 0 Å². The Hall–Kier alpha value is -0.830. The van der Waals surface area contributed by atoms with E-state index in [4.69, 9.17) is 10.8 Å². The van der Waals surface area contributed by atoms with Crippen LogP contribution in [0.15, 0.2) is 12.2 Å². The predicted octanol–water partition coefficient (Wildman–Crippen LogP) is 0.755. The van der Waals surface area contributed by atoms with Gasteiger partial charge in [-0.3, -0.25) is 4.79 Å². The van der Waals surface area contributed by atoms with Gasteiger partial charge in [-0.2, -0.15) is 0 Å². The summed E-state index contributed by atoms with van der Waals surface area (Å²) in [6.07, 6.45) is 5.04. The van der Waals surface area contributed by atoms with Crippen LogP contribution in [0.25, 0.3) is 0 Å². The van der Waals surface area contributed by atoms with Crippen molar-refractivity contribution in [1.29, 1.82) is 0 Å². The lowest BCUT2D eigenvalue weighted by Gasteiger charge is -1.99. The third-order valence-corrected chi connectivity index (χ3v) is 1.11. The maximum Gasteiger partial charge on any atom is 0.320 e. The molecular weight excluding hydrogens is 130 g/mol. The first-order valence-electron chi connectivity index (χ1n) is 3.31. The van der Waals surface area contributed by atoms with Gasteiger partial charge < -0.3 is 10.8 Å². The van der Waals surface area contributed by atoms with Gasteiger partial charge in [-0.05, 0) is 12.8 Å². The smallest absolute Gasteiger partial charge is 0.320 e. The number of hydrogen-bond acceptors (Lipinski definition) is 2. The fourth-order valence-corrected chi connectivity index (χ4v) is 0.510. The summed E-state index contributed by atoms with van der Waals surface area (Å²) in [7, 11) is 0. The number of carbonyl (C=O) groups is 1. The van der Waals surface area contributed by atoms with Gasteiger partial charge in [0.05, 0.1) is 0 Å². The average Bonchev–Trinajstić information content (AvgIpc) is 1.88. The van der Waals surface area contributed by atoms with Crippen molar-refractivity contribution >= 4 is 5.97 Å². The summed E-state index contributed by atoms with van der Waals surface area (Å²) in [5.74, 6) is -0.944. The largest absolute Gasteiger partial charge is 0.480 e. The summed E-state index contributed by atoms with van der Waals surface area (Å²) in [4.78, 5) is 10.1. The maximum atomic E-state index is 10.1. The minimum absolute atomic E-state index is 0.420. The van der Waals surface area contributed by atoms with Crippen LogP contribution in [-0.2, 0) is 4.79 Å². The number of nitrogens with two attached hydrogens (primary N) is 1. The third-order valence-electron chi connectivity index (χ3n) is 1.11.